The van der Waals surface area contributed by atoms with Gasteiger partial charge in [-0.15, -0.1) is 0 Å². The Morgan fingerprint density at radius 1 is 1.40 bits per heavy atom. The minimum atomic E-state index is -0.326. The topological polar surface area (TPSA) is 20.3 Å². The number of hydrogen-bond acceptors (Lipinski definition) is 2. The van der Waals surface area contributed by atoms with Gasteiger partial charge < -0.3 is 4.90 Å². The third kappa shape index (κ3) is 4.48. The fraction of sp³-hybridized carbons (Fsp3) is 0.533. The number of thiol groups is 1. The first-order chi connectivity index (χ1) is 9.40. The Bertz CT molecular complexity index is 463. The third-order valence-electron chi connectivity index (χ3n) is 3.23. The zero-order chi connectivity index (χ0) is 15.3. The summed E-state index contributed by atoms with van der Waals surface area (Å²) in [5.74, 6) is -0.298. The summed E-state index contributed by atoms with van der Waals surface area (Å²) in [7, 11) is 0. The highest BCUT2D eigenvalue weighted by atomic mass is 79.9. The lowest BCUT2D eigenvalue weighted by Crippen LogP contribution is -2.40. The SMILES string of the molecule is CCC(CC)N(C(=O)CC(C)S)c1ccc(F)c(Br)c1. The van der Waals surface area contributed by atoms with Crippen molar-refractivity contribution in [2.24, 2.45) is 0 Å². The Balaban J connectivity index is 3.14. The molecule has 1 atom stereocenters. The molecule has 0 aliphatic rings. The van der Waals surface area contributed by atoms with Crippen molar-refractivity contribution >= 4 is 40.2 Å². The van der Waals surface area contributed by atoms with Crippen LogP contribution in [0.15, 0.2) is 22.7 Å². The standard InChI is InChI=1S/C15H21BrFNOS/c1-4-11(5-2)18(15(19)8-10(3)20)12-6-7-14(17)13(16)9-12/h6-7,9-11,20H,4-5,8H2,1-3H3. The monoisotopic (exact) mass is 361 g/mol. The van der Waals surface area contributed by atoms with E-state index in [-0.39, 0.29) is 23.0 Å². The molecule has 2 nitrogen and oxygen atoms in total. The predicted octanol–water partition coefficient (Wildman–Crippen LogP) is 4.82. The summed E-state index contributed by atoms with van der Waals surface area (Å²) >= 11 is 7.47. The summed E-state index contributed by atoms with van der Waals surface area (Å²) in [6.07, 6.45) is 2.09. The predicted molar refractivity (Wildman–Crippen MR) is 89.0 cm³/mol. The zero-order valence-corrected chi connectivity index (χ0v) is 14.5. The van der Waals surface area contributed by atoms with Gasteiger partial charge in [0.25, 0.3) is 0 Å². The number of halogens is 2. The highest BCUT2D eigenvalue weighted by Gasteiger charge is 2.24. The van der Waals surface area contributed by atoms with E-state index in [0.717, 1.165) is 18.5 Å². The Morgan fingerprint density at radius 2 is 2.00 bits per heavy atom. The number of benzene rings is 1. The molecule has 0 saturated heterocycles. The van der Waals surface area contributed by atoms with E-state index in [2.05, 4.69) is 42.4 Å². The van der Waals surface area contributed by atoms with Crippen LogP contribution in [-0.2, 0) is 4.79 Å². The second kappa shape index (κ2) is 8.03. The number of hydrogen-bond donors (Lipinski definition) is 1. The highest BCUT2D eigenvalue weighted by Crippen LogP contribution is 2.27. The molecule has 1 unspecified atom stereocenters. The molecule has 0 fully saturated rings. The van der Waals surface area contributed by atoms with E-state index in [1.807, 2.05) is 6.92 Å². The van der Waals surface area contributed by atoms with Crippen molar-refractivity contribution in [3.05, 3.63) is 28.5 Å². The molecule has 0 aliphatic heterocycles. The summed E-state index contributed by atoms with van der Waals surface area (Å²) in [5.41, 5.74) is 0.728. The van der Waals surface area contributed by atoms with Crippen LogP contribution < -0.4 is 4.90 Å². The Labute approximate surface area is 134 Å². The van der Waals surface area contributed by atoms with Crippen molar-refractivity contribution in [3.63, 3.8) is 0 Å². The largest absolute Gasteiger partial charge is 0.309 e. The van der Waals surface area contributed by atoms with Crippen LogP contribution in [0.5, 0.6) is 0 Å². The van der Waals surface area contributed by atoms with E-state index in [1.165, 1.54) is 6.07 Å². The third-order valence-corrected chi connectivity index (χ3v) is 4.02. The van der Waals surface area contributed by atoms with Crippen molar-refractivity contribution in [2.75, 3.05) is 4.90 Å². The van der Waals surface area contributed by atoms with Gasteiger partial charge in [0.2, 0.25) is 5.91 Å². The molecule has 1 aromatic carbocycles. The van der Waals surface area contributed by atoms with Crippen molar-refractivity contribution in [1.82, 2.24) is 0 Å². The molecule has 0 saturated carbocycles. The number of nitrogens with zero attached hydrogens (tertiary/aromatic N) is 1. The van der Waals surface area contributed by atoms with E-state index in [4.69, 9.17) is 0 Å². The average Bonchev–Trinajstić information content (AvgIpc) is 2.38. The van der Waals surface area contributed by atoms with Crippen LogP contribution >= 0.6 is 28.6 Å². The summed E-state index contributed by atoms with van der Waals surface area (Å²) in [4.78, 5) is 14.3. The van der Waals surface area contributed by atoms with Gasteiger partial charge in [0.05, 0.1) is 4.47 Å². The Kier molecular flexibility index (Phi) is 7.03. The first-order valence-electron chi connectivity index (χ1n) is 6.85. The fourth-order valence-electron chi connectivity index (χ4n) is 2.20. The lowest BCUT2D eigenvalue weighted by molar-refractivity contribution is -0.119. The van der Waals surface area contributed by atoms with Crippen LogP contribution in [0.25, 0.3) is 0 Å². The summed E-state index contributed by atoms with van der Waals surface area (Å²) < 4.78 is 13.7. The Hall–Kier alpha value is -0.550. The van der Waals surface area contributed by atoms with Crippen molar-refractivity contribution in [3.8, 4) is 0 Å². The molecule has 0 spiro atoms. The quantitative estimate of drug-likeness (QED) is 0.720. The molecule has 5 heteroatoms. The first kappa shape index (κ1) is 17.5. The van der Waals surface area contributed by atoms with Crippen LogP contribution in [-0.4, -0.2) is 17.2 Å². The number of rotatable bonds is 6. The van der Waals surface area contributed by atoms with E-state index in [0.29, 0.717) is 10.9 Å². The molecular weight excluding hydrogens is 341 g/mol. The smallest absolute Gasteiger partial charge is 0.228 e. The molecule has 0 bridgehead atoms. The summed E-state index contributed by atoms with van der Waals surface area (Å²) in [5, 5.41) is 0.00301. The van der Waals surface area contributed by atoms with Gasteiger partial charge in [-0.1, -0.05) is 20.8 Å². The van der Waals surface area contributed by atoms with Crippen molar-refractivity contribution in [1.29, 1.82) is 0 Å². The second-order valence-corrected chi connectivity index (χ2v) is 6.62. The highest BCUT2D eigenvalue weighted by molar-refractivity contribution is 9.10. The van der Waals surface area contributed by atoms with Gasteiger partial charge in [-0.25, -0.2) is 4.39 Å². The molecule has 112 valence electrons. The van der Waals surface area contributed by atoms with Crippen molar-refractivity contribution < 1.29 is 9.18 Å². The summed E-state index contributed by atoms with van der Waals surface area (Å²) in [6.45, 7) is 6.00. The lowest BCUT2D eigenvalue weighted by Gasteiger charge is -2.31. The number of anilines is 1. The van der Waals surface area contributed by atoms with E-state index < -0.39 is 0 Å². The van der Waals surface area contributed by atoms with E-state index >= 15 is 0 Å². The normalized spacial score (nSPS) is 12.6. The average molecular weight is 362 g/mol. The van der Waals surface area contributed by atoms with Crippen LogP contribution in [0.2, 0.25) is 0 Å². The molecule has 1 amide bonds. The van der Waals surface area contributed by atoms with Crippen LogP contribution in [0.4, 0.5) is 10.1 Å². The fourth-order valence-corrected chi connectivity index (χ4v) is 2.72. The van der Waals surface area contributed by atoms with Gasteiger partial charge in [-0.3, -0.25) is 4.79 Å². The van der Waals surface area contributed by atoms with Gasteiger partial charge in [0.15, 0.2) is 0 Å². The molecule has 0 aromatic heterocycles. The maximum absolute atomic E-state index is 13.4. The first-order valence-corrected chi connectivity index (χ1v) is 8.16. The maximum atomic E-state index is 13.4. The van der Waals surface area contributed by atoms with Gasteiger partial charge in [-0.05, 0) is 47.0 Å². The minimum Gasteiger partial charge on any atom is -0.309 e. The zero-order valence-electron chi connectivity index (χ0n) is 12.1. The van der Waals surface area contributed by atoms with Gasteiger partial charge in [0.1, 0.15) is 5.82 Å². The molecule has 1 rings (SSSR count). The lowest BCUT2D eigenvalue weighted by atomic mass is 10.1. The number of amides is 1. The minimum absolute atomic E-state index is 0.00301. The Morgan fingerprint density at radius 3 is 2.45 bits per heavy atom. The maximum Gasteiger partial charge on any atom is 0.228 e. The molecule has 0 heterocycles. The van der Waals surface area contributed by atoms with Gasteiger partial charge in [-0.2, -0.15) is 12.6 Å². The van der Waals surface area contributed by atoms with Crippen LogP contribution in [0, 0.1) is 5.82 Å². The number of carbonyl (C=O) groups excluding carboxylic acids is 1. The number of carbonyl (C=O) groups is 1. The molecule has 1 aromatic rings. The van der Waals surface area contributed by atoms with Gasteiger partial charge >= 0.3 is 0 Å². The van der Waals surface area contributed by atoms with E-state index in [9.17, 15) is 9.18 Å². The molecule has 0 N–H and O–H groups in total. The molecule has 20 heavy (non-hydrogen) atoms. The molecule has 0 radical (unpaired) electrons. The van der Waals surface area contributed by atoms with Gasteiger partial charge in [0, 0.05) is 23.4 Å². The van der Waals surface area contributed by atoms with E-state index in [1.54, 1.807) is 17.0 Å². The van der Waals surface area contributed by atoms with Crippen LogP contribution in [0.1, 0.15) is 40.0 Å². The van der Waals surface area contributed by atoms with Crippen molar-refractivity contribution in [2.45, 2.75) is 51.3 Å². The second-order valence-electron chi connectivity index (χ2n) is 4.89. The molecule has 0 aliphatic carbocycles. The summed E-state index contributed by atoms with van der Waals surface area (Å²) in [6, 6.07) is 4.81. The molecular formula is C15H21BrFNOS. The van der Waals surface area contributed by atoms with Crippen LogP contribution in [0.3, 0.4) is 0 Å².